The first kappa shape index (κ1) is 10.1. The summed E-state index contributed by atoms with van der Waals surface area (Å²) in [6, 6.07) is 0. The summed E-state index contributed by atoms with van der Waals surface area (Å²) in [6.45, 7) is 1.71. The molecule has 0 radical (unpaired) electrons. The van der Waals surface area contributed by atoms with E-state index in [0.717, 1.165) is 6.08 Å². The van der Waals surface area contributed by atoms with E-state index >= 15 is 0 Å². The van der Waals surface area contributed by atoms with Crippen molar-refractivity contribution in [3.63, 3.8) is 0 Å². The summed E-state index contributed by atoms with van der Waals surface area (Å²) in [4.78, 5) is 0. The molecule has 0 saturated heterocycles. The fraction of sp³-hybridized carbons (Fsp3) is 0.500. The Kier molecular flexibility index (Phi) is 2.63. The molecular formula is C8H8F4O. The van der Waals surface area contributed by atoms with Crippen LogP contribution in [0.2, 0.25) is 0 Å². The van der Waals surface area contributed by atoms with Crippen molar-refractivity contribution in [2.45, 2.75) is 19.7 Å². The smallest absolute Gasteiger partial charge is 0.403 e. The lowest BCUT2D eigenvalue weighted by Crippen LogP contribution is -2.14. The van der Waals surface area contributed by atoms with E-state index < -0.39 is 17.9 Å². The lowest BCUT2D eigenvalue weighted by molar-refractivity contribution is -0.304. The van der Waals surface area contributed by atoms with Gasteiger partial charge in [-0.3, -0.25) is 0 Å². The van der Waals surface area contributed by atoms with Crippen molar-refractivity contribution < 1.29 is 22.3 Å². The normalized spacial score (nSPS) is 23.6. The Balaban J connectivity index is 2.71. The maximum atomic E-state index is 12.8. The van der Waals surface area contributed by atoms with Crippen LogP contribution < -0.4 is 0 Å². The molecule has 0 heterocycles. The predicted molar refractivity (Wildman–Crippen MR) is 38.2 cm³/mol. The Bertz CT molecular complexity index is 251. The van der Waals surface area contributed by atoms with Gasteiger partial charge in [0.25, 0.3) is 0 Å². The van der Waals surface area contributed by atoms with Gasteiger partial charge in [-0.25, -0.2) is 4.39 Å². The molecule has 0 amide bonds. The zero-order valence-corrected chi connectivity index (χ0v) is 6.86. The highest BCUT2D eigenvalue weighted by Gasteiger charge is 2.33. The van der Waals surface area contributed by atoms with Crippen molar-refractivity contribution in [3.05, 3.63) is 23.7 Å². The van der Waals surface area contributed by atoms with Gasteiger partial charge in [-0.1, -0.05) is 13.0 Å². The number of allylic oxidation sites excluding steroid dienone is 3. The second-order valence-electron chi connectivity index (χ2n) is 2.86. The Morgan fingerprint density at radius 1 is 1.46 bits per heavy atom. The monoisotopic (exact) mass is 196 g/mol. The zero-order valence-electron chi connectivity index (χ0n) is 6.86. The average molecular weight is 196 g/mol. The summed E-state index contributed by atoms with van der Waals surface area (Å²) in [5, 5.41) is 0. The topological polar surface area (TPSA) is 9.23 Å². The van der Waals surface area contributed by atoms with E-state index in [1.807, 2.05) is 0 Å². The SMILES string of the molecule is CC1C=CC(OC(F)(F)F)=C(F)C1. The molecule has 0 aromatic carbocycles. The molecule has 0 spiro atoms. The molecule has 1 atom stereocenters. The third-order valence-electron chi connectivity index (χ3n) is 1.57. The molecule has 0 saturated carbocycles. The van der Waals surface area contributed by atoms with E-state index in [1.54, 1.807) is 6.92 Å². The standard InChI is InChI=1S/C8H8F4O/c1-5-2-3-7(6(9)4-5)13-8(10,11)12/h2-3,5H,4H2,1H3. The van der Waals surface area contributed by atoms with Crippen LogP contribution in [0.1, 0.15) is 13.3 Å². The van der Waals surface area contributed by atoms with E-state index in [2.05, 4.69) is 4.74 Å². The van der Waals surface area contributed by atoms with E-state index in [4.69, 9.17) is 0 Å². The second kappa shape index (κ2) is 3.40. The van der Waals surface area contributed by atoms with Crippen LogP contribution in [0.25, 0.3) is 0 Å². The van der Waals surface area contributed by atoms with Gasteiger partial charge in [0.15, 0.2) is 5.76 Å². The van der Waals surface area contributed by atoms with Crippen molar-refractivity contribution in [2.24, 2.45) is 5.92 Å². The lowest BCUT2D eigenvalue weighted by Gasteiger charge is -2.16. The summed E-state index contributed by atoms with van der Waals surface area (Å²) >= 11 is 0. The molecule has 5 heteroatoms. The molecule has 0 fully saturated rings. The average Bonchev–Trinajstić information content (AvgIpc) is 1.93. The van der Waals surface area contributed by atoms with Crippen LogP contribution in [0.3, 0.4) is 0 Å². The summed E-state index contributed by atoms with van der Waals surface area (Å²) in [6.07, 6.45) is -2.37. The van der Waals surface area contributed by atoms with Crippen molar-refractivity contribution in [2.75, 3.05) is 0 Å². The first-order valence-corrected chi connectivity index (χ1v) is 3.71. The van der Waals surface area contributed by atoms with Gasteiger partial charge in [0, 0.05) is 6.42 Å². The van der Waals surface area contributed by atoms with E-state index in [0.29, 0.717) is 0 Å². The Hall–Kier alpha value is -1.00. The maximum Gasteiger partial charge on any atom is 0.573 e. The van der Waals surface area contributed by atoms with Gasteiger partial charge in [0.1, 0.15) is 5.83 Å². The van der Waals surface area contributed by atoms with Crippen molar-refractivity contribution in [1.29, 1.82) is 0 Å². The zero-order chi connectivity index (χ0) is 10.1. The van der Waals surface area contributed by atoms with Crippen LogP contribution in [0.4, 0.5) is 17.6 Å². The predicted octanol–water partition coefficient (Wildman–Crippen LogP) is 3.30. The number of alkyl halides is 3. The van der Waals surface area contributed by atoms with Crippen molar-refractivity contribution in [3.8, 4) is 0 Å². The number of hydrogen-bond donors (Lipinski definition) is 0. The van der Waals surface area contributed by atoms with Crippen LogP contribution in [0.15, 0.2) is 23.7 Å². The lowest BCUT2D eigenvalue weighted by atomic mass is 10.0. The summed E-state index contributed by atoms with van der Waals surface area (Å²) < 4.78 is 51.3. The van der Waals surface area contributed by atoms with E-state index in [-0.39, 0.29) is 12.3 Å². The van der Waals surface area contributed by atoms with Crippen LogP contribution in [-0.4, -0.2) is 6.36 Å². The molecule has 13 heavy (non-hydrogen) atoms. The van der Waals surface area contributed by atoms with E-state index in [9.17, 15) is 17.6 Å². The number of ether oxygens (including phenoxy) is 1. The highest BCUT2D eigenvalue weighted by Crippen LogP contribution is 2.30. The van der Waals surface area contributed by atoms with E-state index in [1.165, 1.54) is 6.08 Å². The first-order valence-electron chi connectivity index (χ1n) is 3.71. The molecule has 1 unspecified atom stereocenters. The second-order valence-corrected chi connectivity index (χ2v) is 2.86. The summed E-state index contributed by atoms with van der Waals surface area (Å²) in [7, 11) is 0. The van der Waals surface area contributed by atoms with Crippen LogP contribution in [-0.2, 0) is 4.74 Å². The molecule has 74 valence electrons. The van der Waals surface area contributed by atoms with Gasteiger partial charge >= 0.3 is 6.36 Å². The molecule has 1 aliphatic rings. The first-order chi connectivity index (χ1) is 5.88. The molecular weight excluding hydrogens is 188 g/mol. The maximum absolute atomic E-state index is 12.8. The number of halogens is 4. The number of rotatable bonds is 1. The van der Waals surface area contributed by atoms with Gasteiger partial charge in [0.2, 0.25) is 0 Å². The van der Waals surface area contributed by atoms with Gasteiger partial charge in [0.05, 0.1) is 0 Å². The van der Waals surface area contributed by atoms with Crippen LogP contribution >= 0.6 is 0 Å². The fourth-order valence-corrected chi connectivity index (χ4v) is 1.01. The highest BCUT2D eigenvalue weighted by molar-refractivity contribution is 5.21. The van der Waals surface area contributed by atoms with Gasteiger partial charge in [-0.2, -0.15) is 0 Å². The molecule has 0 aliphatic heterocycles. The molecule has 1 rings (SSSR count). The summed E-state index contributed by atoms with van der Waals surface area (Å²) in [5.41, 5.74) is 0. The minimum Gasteiger partial charge on any atom is -0.403 e. The number of hydrogen-bond acceptors (Lipinski definition) is 1. The minimum atomic E-state index is -4.82. The quantitative estimate of drug-likeness (QED) is 0.584. The molecule has 0 bridgehead atoms. The van der Waals surface area contributed by atoms with Crippen LogP contribution in [0.5, 0.6) is 0 Å². The Morgan fingerprint density at radius 3 is 2.54 bits per heavy atom. The summed E-state index contributed by atoms with van der Waals surface area (Å²) in [5.74, 6) is -1.67. The minimum absolute atomic E-state index is 0.0398. The Labute approximate surface area is 72.7 Å². The van der Waals surface area contributed by atoms with Gasteiger partial charge in [-0.15, -0.1) is 13.2 Å². The van der Waals surface area contributed by atoms with Crippen LogP contribution in [0, 0.1) is 5.92 Å². The molecule has 0 N–H and O–H groups in total. The van der Waals surface area contributed by atoms with Crippen molar-refractivity contribution in [1.82, 2.24) is 0 Å². The van der Waals surface area contributed by atoms with Gasteiger partial charge < -0.3 is 4.74 Å². The third-order valence-corrected chi connectivity index (χ3v) is 1.57. The molecule has 0 aromatic heterocycles. The van der Waals surface area contributed by atoms with Gasteiger partial charge in [-0.05, 0) is 12.0 Å². The highest BCUT2D eigenvalue weighted by atomic mass is 19.4. The van der Waals surface area contributed by atoms with Crippen molar-refractivity contribution >= 4 is 0 Å². The Morgan fingerprint density at radius 2 is 2.08 bits per heavy atom. The molecule has 0 aromatic rings. The fourth-order valence-electron chi connectivity index (χ4n) is 1.01. The molecule has 1 nitrogen and oxygen atoms in total. The molecule has 1 aliphatic carbocycles. The largest absolute Gasteiger partial charge is 0.573 e. The third kappa shape index (κ3) is 3.08.